The van der Waals surface area contributed by atoms with Gasteiger partial charge in [0.15, 0.2) is 0 Å². The molecule has 0 N–H and O–H groups in total. The minimum Gasteiger partial charge on any atom is -0.443 e. The summed E-state index contributed by atoms with van der Waals surface area (Å²) in [5.41, 5.74) is 0.261. The van der Waals surface area contributed by atoms with Crippen LogP contribution in [0.25, 0.3) is 0 Å². The molecule has 0 bridgehead atoms. The summed E-state index contributed by atoms with van der Waals surface area (Å²) in [6, 6.07) is 5.12. The van der Waals surface area contributed by atoms with E-state index in [1.165, 1.54) is 11.2 Å². The van der Waals surface area contributed by atoms with Crippen molar-refractivity contribution in [3.05, 3.63) is 23.8 Å². The predicted octanol–water partition coefficient (Wildman–Crippen LogP) is 4.38. The molecule has 1 aromatic carbocycles. The average Bonchev–Trinajstić information content (AvgIpc) is 2.85. The molecule has 2 rings (SSSR count). The van der Waals surface area contributed by atoms with E-state index in [2.05, 4.69) is 4.36 Å². The van der Waals surface area contributed by atoms with Gasteiger partial charge in [-0.05, 0) is 65.7 Å². The van der Waals surface area contributed by atoms with E-state index in [4.69, 9.17) is 9.47 Å². The van der Waals surface area contributed by atoms with E-state index in [-0.39, 0.29) is 0 Å². The lowest BCUT2D eigenvalue weighted by Gasteiger charge is -2.25. The highest BCUT2D eigenvalue weighted by molar-refractivity contribution is 7.93. The third-order valence-electron chi connectivity index (χ3n) is 3.65. The number of carbonyl (C=O) groups is 2. The number of hydrogen-bond acceptors (Lipinski definition) is 5. The van der Waals surface area contributed by atoms with Crippen molar-refractivity contribution in [3.63, 3.8) is 0 Å². The molecule has 0 saturated carbocycles. The standard InChI is InChI=1S/C19H28N2O5S/c1-18(2,3)25-16(22)20-27(7,24)14-9-8-13-10-11-21(15(13)12-14)17(23)26-19(4,5)6/h8-9,12H,10-11H2,1-7H3. The fourth-order valence-electron chi connectivity index (χ4n) is 2.58. The van der Waals surface area contributed by atoms with Crippen LogP contribution in [0.4, 0.5) is 15.3 Å². The molecule has 2 amide bonds. The Morgan fingerprint density at radius 2 is 1.67 bits per heavy atom. The second-order valence-corrected chi connectivity index (χ2v) is 10.8. The lowest BCUT2D eigenvalue weighted by atomic mass is 10.2. The molecule has 27 heavy (non-hydrogen) atoms. The van der Waals surface area contributed by atoms with Crippen molar-refractivity contribution in [1.29, 1.82) is 0 Å². The molecule has 1 heterocycles. The molecule has 0 radical (unpaired) electrons. The summed E-state index contributed by atoms with van der Waals surface area (Å²) in [6.45, 7) is 11.0. The van der Waals surface area contributed by atoms with Gasteiger partial charge in [0, 0.05) is 17.7 Å². The van der Waals surface area contributed by atoms with Crippen molar-refractivity contribution in [2.75, 3.05) is 17.7 Å². The number of fused-ring (bicyclic) bond motifs is 1. The van der Waals surface area contributed by atoms with E-state index in [9.17, 15) is 13.8 Å². The maximum absolute atomic E-state index is 13.0. The molecule has 0 saturated heterocycles. The van der Waals surface area contributed by atoms with Gasteiger partial charge < -0.3 is 9.47 Å². The van der Waals surface area contributed by atoms with Gasteiger partial charge >= 0.3 is 12.2 Å². The zero-order valence-electron chi connectivity index (χ0n) is 17.0. The first kappa shape index (κ1) is 21.2. The molecule has 1 unspecified atom stereocenters. The van der Waals surface area contributed by atoms with E-state index in [0.29, 0.717) is 23.5 Å². The Bertz CT molecular complexity index is 871. The molecule has 0 aromatic heterocycles. The second kappa shape index (κ2) is 7.14. The Labute approximate surface area is 161 Å². The predicted molar refractivity (Wildman–Crippen MR) is 105 cm³/mol. The smallest absolute Gasteiger partial charge is 0.442 e. The number of nitrogens with zero attached hydrogens (tertiary/aromatic N) is 2. The topological polar surface area (TPSA) is 85.3 Å². The molecule has 7 nitrogen and oxygen atoms in total. The highest BCUT2D eigenvalue weighted by atomic mass is 32.2. The van der Waals surface area contributed by atoms with Crippen LogP contribution in [0.15, 0.2) is 27.5 Å². The van der Waals surface area contributed by atoms with Crippen LogP contribution in [-0.2, 0) is 25.6 Å². The Morgan fingerprint density at radius 3 is 2.22 bits per heavy atom. The van der Waals surface area contributed by atoms with Gasteiger partial charge in [0.05, 0.1) is 15.4 Å². The van der Waals surface area contributed by atoms with Gasteiger partial charge in [-0.25, -0.2) is 13.8 Å². The van der Waals surface area contributed by atoms with Gasteiger partial charge in [-0.15, -0.1) is 4.36 Å². The van der Waals surface area contributed by atoms with Gasteiger partial charge in [-0.2, -0.15) is 0 Å². The molecule has 150 valence electrons. The molecule has 1 aliphatic heterocycles. The van der Waals surface area contributed by atoms with Crippen LogP contribution in [0.2, 0.25) is 0 Å². The average molecular weight is 397 g/mol. The fraction of sp³-hybridized carbons (Fsp3) is 0.579. The van der Waals surface area contributed by atoms with Gasteiger partial charge in [-0.3, -0.25) is 4.90 Å². The zero-order chi connectivity index (χ0) is 20.6. The van der Waals surface area contributed by atoms with Gasteiger partial charge in [0.25, 0.3) is 0 Å². The molecule has 1 aromatic rings. The Morgan fingerprint density at radius 1 is 1.07 bits per heavy atom. The minimum atomic E-state index is -3.02. The first-order valence-electron chi connectivity index (χ1n) is 8.76. The lowest BCUT2D eigenvalue weighted by Crippen LogP contribution is -2.35. The van der Waals surface area contributed by atoms with Crippen LogP contribution in [0, 0.1) is 0 Å². The summed E-state index contributed by atoms with van der Waals surface area (Å²) < 4.78 is 27.3. The van der Waals surface area contributed by atoms with E-state index in [0.717, 1.165) is 5.56 Å². The molecule has 8 heteroatoms. The molecule has 0 aliphatic carbocycles. The molecule has 1 aliphatic rings. The Hall–Kier alpha value is -2.09. The summed E-state index contributed by atoms with van der Waals surface area (Å²) in [5.74, 6) is 0. The van der Waals surface area contributed by atoms with E-state index in [1.54, 1.807) is 53.7 Å². The SMILES string of the molecule is CC(C)(C)OC(=O)N=S(C)(=O)c1ccc2c(c1)N(C(=O)OC(C)(C)C)CC2. The molecule has 1 atom stereocenters. The van der Waals surface area contributed by atoms with Crippen LogP contribution in [0.1, 0.15) is 47.1 Å². The van der Waals surface area contributed by atoms with Crippen molar-refractivity contribution in [1.82, 2.24) is 0 Å². The van der Waals surface area contributed by atoms with Crippen molar-refractivity contribution in [2.24, 2.45) is 4.36 Å². The second-order valence-electron chi connectivity index (χ2n) is 8.55. The fourth-order valence-corrected chi connectivity index (χ4v) is 3.65. The Balaban J connectivity index is 2.34. The number of ether oxygens (including phenoxy) is 2. The van der Waals surface area contributed by atoms with Crippen LogP contribution in [-0.4, -0.2) is 40.4 Å². The van der Waals surface area contributed by atoms with Gasteiger partial charge in [0.2, 0.25) is 0 Å². The van der Waals surface area contributed by atoms with Crippen LogP contribution >= 0.6 is 0 Å². The quantitative estimate of drug-likeness (QED) is 0.703. The molecular weight excluding hydrogens is 368 g/mol. The van der Waals surface area contributed by atoms with E-state index < -0.39 is 33.1 Å². The third kappa shape index (κ3) is 5.69. The number of amides is 2. The van der Waals surface area contributed by atoms with Crippen LogP contribution in [0.3, 0.4) is 0 Å². The van der Waals surface area contributed by atoms with E-state index in [1.807, 2.05) is 6.07 Å². The first-order valence-corrected chi connectivity index (χ1v) is 10.7. The summed E-state index contributed by atoms with van der Waals surface area (Å²) in [4.78, 5) is 26.3. The summed E-state index contributed by atoms with van der Waals surface area (Å²) in [7, 11) is -3.02. The summed E-state index contributed by atoms with van der Waals surface area (Å²) in [5, 5.41) is 0. The molecule has 0 spiro atoms. The van der Waals surface area contributed by atoms with Gasteiger partial charge in [0.1, 0.15) is 11.2 Å². The van der Waals surface area contributed by atoms with E-state index >= 15 is 0 Å². The molecule has 0 fully saturated rings. The maximum atomic E-state index is 13.0. The number of benzene rings is 1. The van der Waals surface area contributed by atoms with Crippen LogP contribution < -0.4 is 4.90 Å². The minimum absolute atomic E-state index is 0.363. The summed E-state index contributed by atoms with van der Waals surface area (Å²) >= 11 is 0. The molecular formula is C19H28N2O5S. The largest absolute Gasteiger partial charge is 0.443 e. The van der Waals surface area contributed by atoms with Gasteiger partial charge in [-0.1, -0.05) is 6.07 Å². The lowest BCUT2D eigenvalue weighted by molar-refractivity contribution is 0.0579. The number of anilines is 1. The first-order chi connectivity index (χ1) is 12.2. The van der Waals surface area contributed by atoms with Crippen LogP contribution in [0.5, 0.6) is 0 Å². The highest BCUT2D eigenvalue weighted by Crippen LogP contribution is 2.32. The van der Waals surface area contributed by atoms with Crippen molar-refractivity contribution >= 4 is 27.6 Å². The summed E-state index contributed by atoms with van der Waals surface area (Å²) in [6.07, 6.45) is 0.735. The highest BCUT2D eigenvalue weighted by Gasteiger charge is 2.30. The number of hydrogen-bond donors (Lipinski definition) is 0. The zero-order valence-corrected chi connectivity index (χ0v) is 17.8. The normalized spacial score (nSPS) is 16.3. The number of rotatable bonds is 1. The maximum Gasteiger partial charge on any atom is 0.442 e. The Kier molecular flexibility index (Phi) is 5.61. The van der Waals surface area contributed by atoms with Crippen molar-refractivity contribution in [2.45, 2.75) is 64.1 Å². The number of carbonyl (C=O) groups excluding carboxylic acids is 2. The monoisotopic (exact) mass is 396 g/mol. The van der Waals surface area contributed by atoms with Crippen molar-refractivity contribution in [3.8, 4) is 0 Å². The van der Waals surface area contributed by atoms with Crippen molar-refractivity contribution < 1.29 is 23.3 Å². The third-order valence-corrected chi connectivity index (χ3v) is 5.27.